The molecule has 3 rings (SSSR count). The summed E-state index contributed by atoms with van der Waals surface area (Å²) in [6.45, 7) is 10.4. The second-order valence-corrected chi connectivity index (χ2v) is 7.04. The highest BCUT2D eigenvalue weighted by atomic mass is 14.6. The van der Waals surface area contributed by atoms with E-state index >= 15 is 0 Å². The van der Waals surface area contributed by atoms with Crippen LogP contribution >= 0.6 is 0 Å². The first kappa shape index (κ1) is 17.1. The first-order valence-corrected chi connectivity index (χ1v) is 8.63. The van der Waals surface area contributed by atoms with Gasteiger partial charge in [0.15, 0.2) is 0 Å². The van der Waals surface area contributed by atoms with Gasteiger partial charge in [0.25, 0.3) is 0 Å². The molecule has 0 radical (unpaired) electrons. The van der Waals surface area contributed by atoms with E-state index in [4.69, 9.17) is 11.5 Å². The molecule has 2 heteroatoms. The van der Waals surface area contributed by atoms with Gasteiger partial charge < -0.3 is 11.5 Å². The first-order valence-electron chi connectivity index (χ1n) is 8.63. The quantitative estimate of drug-likeness (QED) is 0.590. The summed E-state index contributed by atoms with van der Waals surface area (Å²) >= 11 is 0. The number of hydrogen-bond acceptors (Lipinski definition) is 2. The molecule has 2 nitrogen and oxygen atoms in total. The molecule has 0 aliphatic carbocycles. The van der Waals surface area contributed by atoms with Crippen LogP contribution in [0.2, 0.25) is 0 Å². The Bertz CT molecular complexity index is 922. The van der Waals surface area contributed by atoms with Gasteiger partial charge in [-0.05, 0) is 109 Å². The fourth-order valence-corrected chi connectivity index (χ4v) is 3.54. The highest BCUT2D eigenvalue weighted by Crippen LogP contribution is 2.38. The molecule has 0 saturated carbocycles. The van der Waals surface area contributed by atoms with Crippen molar-refractivity contribution < 1.29 is 0 Å². The Morgan fingerprint density at radius 2 is 1.00 bits per heavy atom. The van der Waals surface area contributed by atoms with Crippen molar-refractivity contribution in [3.63, 3.8) is 0 Å². The largest absolute Gasteiger partial charge is 0.398 e. The highest BCUT2D eigenvalue weighted by Gasteiger charge is 2.13. The summed E-state index contributed by atoms with van der Waals surface area (Å²) in [7, 11) is 0. The van der Waals surface area contributed by atoms with Gasteiger partial charge in [0.2, 0.25) is 0 Å². The number of nitrogens with two attached hydrogens (primary N) is 2. The SMILES string of the molecule is Cc1cc(-c2cccc(C)c2-c2cc(C)c(N)c(C)c2)cc(C)c1N. The van der Waals surface area contributed by atoms with Gasteiger partial charge in [-0.15, -0.1) is 0 Å². The van der Waals surface area contributed by atoms with Crippen molar-refractivity contribution in [1.82, 2.24) is 0 Å². The van der Waals surface area contributed by atoms with E-state index in [-0.39, 0.29) is 0 Å². The van der Waals surface area contributed by atoms with Crippen molar-refractivity contribution in [1.29, 1.82) is 0 Å². The summed E-state index contributed by atoms with van der Waals surface area (Å²) in [5.74, 6) is 0. The van der Waals surface area contributed by atoms with Crippen molar-refractivity contribution in [2.45, 2.75) is 34.6 Å². The van der Waals surface area contributed by atoms with Crippen molar-refractivity contribution in [2.75, 3.05) is 11.5 Å². The number of nitrogen functional groups attached to an aromatic ring is 2. The Kier molecular flexibility index (Phi) is 4.30. The zero-order valence-electron chi connectivity index (χ0n) is 15.7. The molecule has 0 unspecified atom stereocenters. The van der Waals surface area contributed by atoms with E-state index in [0.717, 1.165) is 33.6 Å². The van der Waals surface area contributed by atoms with Crippen LogP contribution in [-0.4, -0.2) is 0 Å². The fourth-order valence-electron chi connectivity index (χ4n) is 3.54. The van der Waals surface area contributed by atoms with Crippen LogP contribution in [0.1, 0.15) is 27.8 Å². The van der Waals surface area contributed by atoms with E-state index in [1.807, 2.05) is 0 Å². The summed E-state index contributed by atoms with van der Waals surface area (Å²) in [6, 6.07) is 15.2. The molecule has 4 N–H and O–H groups in total. The van der Waals surface area contributed by atoms with Gasteiger partial charge in [-0.2, -0.15) is 0 Å². The Morgan fingerprint density at radius 3 is 1.48 bits per heavy atom. The second-order valence-electron chi connectivity index (χ2n) is 7.04. The minimum atomic E-state index is 0.872. The summed E-state index contributed by atoms with van der Waals surface area (Å²) in [5.41, 5.74) is 24.7. The predicted octanol–water partition coefficient (Wildman–Crippen LogP) is 5.73. The second kappa shape index (κ2) is 6.29. The van der Waals surface area contributed by atoms with Gasteiger partial charge in [-0.1, -0.05) is 18.2 Å². The fraction of sp³-hybridized carbons (Fsp3) is 0.217. The maximum Gasteiger partial charge on any atom is 0.0373 e. The van der Waals surface area contributed by atoms with Crippen molar-refractivity contribution in [2.24, 2.45) is 0 Å². The lowest BCUT2D eigenvalue weighted by atomic mass is 9.88. The molecule has 0 amide bonds. The third kappa shape index (κ3) is 3.00. The summed E-state index contributed by atoms with van der Waals surface area (Å²) in [5, 5.41) is 0. The molecular formula is C23H26N2. The molecule has 128 valence electrons. The molecule has 0 bridgehead atoms. The van der Waals surface area contributed by atoms with E-state index < -0.39 is 0 Å². The molecule has 0 heterocycles. The van der Waals surface area contributed by atoms with Crippen molar-refractivity contribution >= 4 is 11.4 Å². The van der Waals surface area contributed by atoms with Crippen LogP contribution in [0.4, 0.5) is 11.4 Å². The third-order valence-corrected chi connectivity index (χ3v) is 5.06. The zero-order valence-corrected chi connectivity index (χ0v) is 15.7. The molecule has 0 aliphatic heterocycles. The van der Waals surface area contributed by atoms with E-state index in [0.29, 0.717) is 0 Å². The Labute approximate surface area is 150 Å². The minimum Gasteiger partial charge on any atom is -0.398 e. The zero-order chi connectivity index (χ0) is 18.3. The average Bonchev–Trinajstić information content (AvgIpc) is 2.56. The van der Waals surface area contributed by atoms with Gasteiger partial charge in [0.05, 0.1) is 0 Å². The van der Waals surface area contributed by atoms with E-state index in [1.54, 1.807) is 0 Å². The lowest BCUT2D eigenvalue weighted by Crippen LogP contribution is -1.98. The van der Waals surface area contributed by atoms with E-state index in [9.17, 15) is 0 Å². The van der Waals surface area contributed by atoms with Gasteiger partial charge in [0, 0.05) is 11.4 Å². The molecule has 3 aromatic rings. The molecular weight excluding hydrogens is 304 g/mol. The topological polar surface area (TPSA) is 52.0 Å². The number of anilines is 2. The number of aryl methyl sites for hydroxylation is 5. The lowest BCUT2D eigenvalue weighted by molar-refractivity contribution is 1.36. The summed E-state index contributed by atoms with van der Waals surface area (Å²) in [4.78, 5) is 0. The molecule has 0 saturated heterocycles. The van der Waals surface area contributed by atoms with Crippen LogP contribution in [0.3, 0.4) is 0 Å². The van der Waals surface area contributed by atoms with Gasteiger partial charge in [0.1, 0.15) is 0 Å². The highest BCUT2D eigenvalue weighted by molar-refractivity contribution is 5.88. The predicted molar refractivity (Wildman–Crippen MR) is 110 cm³/mol. The number of benzene rings is 3. The normalized spacial score (nSPS) is 10.9. The van der Waals surface area contributed by atoms with Crippen LogP contribution in [0, 0.1) is 34.6 Å². The maximum absolute atomic E-state index is 6.16. The Morgan fingerprint density at radius 1 is 0.560 bits per heavy atom. The molecule has 3 aromatic carbocycles. The number of rotatable bonds is 2. The van der Waals surface area contributed by atoms with Crippen molar-refractivity contribution in [3.8, 4) is 22.3 Å². The molecule has 0 spiro atoms. The molecule has 0 fully saturated rings. The lowest BCUT2D eigenvalue weighted by Gasteiger charge is -2.17. The standard InChI is InChI=1S/C23H26N2/c1-13-7-6-8-20(18-9-14(2)22(24)15(3)10-18)21(13)19-11-16(4)23(25)17(5)12-19/h6-12H,24-25H2,1-5H3. The molecule has 0 aliphatic rings. The van der Waals surface area contributed by atoms with Gasteiger partial charge >= 0.3 is 0 Å². The van der Waals surface area contributed by atoms with Crippen molar-refractivity contribution in [3.05, 3.63) is 70.3 Å². The minimum absolute atomic E-state index is 0.872. The van der Waals surface area contributed by atoms with Crippen LogP contribution < -0.4 is 11.5 Å². The third-order valence-electron chi connectivity index (χ3n) is 5.06. The van der Waals surface area contributed by atoms with Crippen LogP contribution in [0.25, 0.3) is 22.3 Å². The summed E-state index contributed by atoms with van der Waals surface area (Å²) in [6.07, 6.45) is 0. The Hall–Kier alpha value is -2.74. The van der Waals surface area contributed by atoms with Crippen LogP contribution in [-0.2, 0) is 0 Å². The van der Waals surface area contributed by atoms with Crippen LogP contribution in [0.15, 0.2) is 42.5 Å². The summed E-state index contributed by atoms with van der Waals surface area (Å²) < 4.78 is 0. The van der Waals surface area contributed by atoms with E-state index in [1.165, 1.54) is 27.8 Å². The Balaban J connectivity index is 2.30. The van der Waals surface area contributed by atoms with E-state index in [2.05, 4.69) is 77.1 Å². The monoisotopic (exact) mass is 330 g/mol. The molecule has 0 atom stereocenters. The van der Waals surface area contributed by atoms with Crippen LogP contribution in [0.5, 0.6) is 0 Å². The maximum atomic E-state index is 6.16. The molecule has 0 aromatic heterocycles. The van der Waals surface area contributed by atoms with Gasteiger partial charge in [-0.3, -0.25) is 0 Å². The number of hydrogen-bond donors (Lipinski definition) is 2. The van der Waals surface area contributed by atoms with Gasteiger partial charge in [-0.25, -0.2) is 0 Å². The molecule has 25 heavy (non-hydrogen) atoms. The average molecular weight is 330 g/mol. The first-order chi connectivity index (χ1) is 11.8. The smallest absolute Gasteiger partial charge is 0.0373 e.